The third kappa shape index (κ3) is 6.19. The van der Waals surface area contributed by atoms with Crippen LogP contribution in [0.1, 0.15) is 55.4 Å². The van der Waals surface area contributed by atoms with Crippen LogP contribution in [0.15, 0.2) is 0 Å². The van der Waals surface area contributed by atoms with Gasteiger partial charge < -0.3 is 19.5 Å². The van der Waals surface area contributed by atoms with E-state index >= 15 is 0 Å². The Balaban J connectivity index is 2.90. The maximum absolute atomic E-state index is 12.4. The largest absolute Gasteiger partial charge is 0.444 e. The van der Waals surface area contributed by atoms with Crippen LogP contribution in [0, 0.1) is 0 Å². The molecule has 1 aliphatic heterocycles. The number of hydrogen-bond donors (Lipinski definition) is 1. The topological polar surface area (TPSA) is 79.3 Å². The Bertz CT molecular complexity index is 471. The van der Waals surface area contributed by atoms with Crippen molar-refractivity contribution in [3.8, 4) is 0 Å². The van der Waals surface area contributed by atoms with E-state index < -0.39 is 35.0 Å². The molecule has 1 N–H and O–H groups in total. The molecule has 7 nitrogen and oxygen atoms in total. The zero-order chi connectivity index (χ0) is 18.9. The van der Waals surface area contributed by atoms with Gasteiger partial charge in [-0.1, -0.05) is 0 Å². The summed E-state index contributed by atoms with van der Waals surface area (Å²) in [5.41, 5.74) is -2.40. The van der Waals surface area contributed by atoms with E-state index in [1.807, 2.05) is 0 Å². The molecule has 1 fully saturated rings. The van der Waals surface area contributed by atoms with Crippen LogP contribution in [-0.2, 0) is 9.47 Å². The molecular formula is C17H32N2O5. The molecular weight excluding hydrogens is 312 g/mol. The van der Waals surface area contributed by atoms with Crippen LogP contribution in [0.4, 0.5) is 9.59 Å². The summed E-state index contributed by atoms with van der Waals surface area (Å²) < 4.78 is 10.8. The molecule has 0 bridgehead atoms. The molecule has 0 aromatic heterocycles. The fourth-order valence-electron chi connectivity index (χ4n) is 2.42. The summed E-state index contributed by atoms with van der Waals surface area (Å²) in [6.45, 7) is 14.8. The minimum atomic E-state index is -1.18. The van der Waals surface area contributed by atoms with Crippen LogP contribution in [0.25, 0.3) is 0 Å². The van der Waals surface area contributed by atoms with Crippen molar-refractivity contribution < 1.29 is 24.2 Å². The van der Waals surface area contributed by atoms with Gasteiger partial charge in [-0.3, -0.25) is 4.90 Å². The molecule has 2 amide bonds. The number of piperazine rings is 1. The zero-order valence-corrected chi connectivity index (χ0v) is 16.2. The predicted octanol–water partition coefficient (Wildman–Crippen LogP) is 2.61. The molecule has 7 heteroatoms. The zero-order valence-electron chi connectivity index (χ0n) is 16.2. The molecule has 1 rings (SSSR count). The highest BCUT2D eigenvalue weighted by molar-refractivity contribution is 5.71. The van der Waals surface area contributed by atoms with Crippen LogP contribution in [-0.4, -0.2) is 69.6 Å². The van der Waals surface area contributed by atoms with Crippen molar-refractivity contribution in [3.63, 3.8) is 0 Å². The van der Waals surface area contributed by atoms with Crippen molar-refractivity contribution in [2.24, 2.45) is 0 Å². The SMILES string of the molecule is CC(C)(C)OC(=O)N1CCN(C(=O)OC(C)(C)C)[C@H](C(C)(C)O)C1. The van der Waals surface area contributed by atoms with Gasteiger partial charge >= 0.3 is 12.2 Å². The van der Waals surface area contributed by atoms with Crippen molar-refractivity contribution in [1.29, 1.82) is 0 Å². The summed E-state index contributed by atoms with van der Waals surface area (Å²) >= 11 is 0. The fraction of sp³-hybridized carbons (Fsp3) is 0.882. The highest BCUT2D eigenvalue weighted by Gasteiger charge is 2.42. The second kappa shape index (κ2) is 6.78. The first-order chi connectivity index (χ1) is 10.6. The second-order valence-electron chi connectivity index (χ2n) is 8.77. The Morgan fingerprint density at radius 3 is 1.75 bits per heavy atom. The van der Waals surface area contributed by atoms with E-state index in [-0.39, 0.29) is 13.1 Å². The second-order valence-corrected chi connectivity index (χ2v) is 8.77. The number of carbonyl (C=O) groups is 2. The first kappa shape index (κ1) is 20.5. The maximum Gasteiger partial charge on any atom is 0.410 e. The molecule has 0 radical (unpaired) electrons. The van der Waals surface area contributed by atoms with Crippen molar-refractivity contribution in [2.45, 2.75) is 78.2 Å². The van der Waals surface area contributed by atoms with E-state index in [2.05, 4.69) is 0 Å². The minimum absolute atomic E-state index is 0.192. The van der Waals surface area contributed by atoms with E-state index in [9.17, 15) is 14.7 Å². The predicted molar refractivity (Wildman–Crippen MR) is 90.8 cm³/mol. The van der Waals surface area contributed by atoms with Crippen LogP contribution in [0.5, 0.6) is 0 Å². The standard InChI is InChI=1S/C17H32N2O5/c1-15(2,3)23-13(20)18-9-10-19(12(11-18)17(7,8)22)14(21)24-16(4,5)6/h12,22H,9-11H2,1-8H3/t12-/m0/s1. The molecule has 1 aliphatic rings. The highest BCUT2D eigenvalue weighted by atomic mass is 16.6. The summed E-state index contributed by atoms with van der Waals surface area (Å²) in [4.78, 5) is 27.7. The number of ether oxygens (including phenoxy) is 2. The third-order valence-corrected chi connectivity index (χ3v) is 3.48. The third-order valence-electron chi connectivity index (χ3n) is 3.48. The lowest BCUT2D eigenvalue weighted by molar-refractivity contribution is -0.0676. The number of amides is 2. The Labute approximate surface area is 144 Å². The van der Waals surface area contributed by atoms with Crippen molar-refractivity contribution in [2.75, 3.05) is 19.6 Å². The lowest BCUT2D eigenvalue weighted by Crippen LogP contribution is -2.64. The summed E-state index contributed by atoms with van der Waals surface area (Å²) in [5, 5.41) is 10.5. The molecule has 24 heavy (non-hydrogen) atoms. The van der Waals surface area contributed by atoms with Crippen molar-refractivity contribution in [3.05, 3.63) is 0 Å². The Hall–Kier alpha value is -1.50. The molecule has 140 valence electrons. The van der Waals surface area contributed by atoms with Crippen LogP contribution in [0.2, 0.25) is 0 Å². The average Bonchev–Trinajstić information content (AvgIpc) is 2.32. The van der Waals surface area contributed by atoms with Crippen LogP contribution in [0.3, 0.4) is 0 Å². The van der Waals surface area contributed by atoms with E-state index in [0.717, 1.165) is 0 Å². The fourth-order valence-corrected chi connectivity index (χ4v) is 2.42. The quantitative estimate of drug-likeness (QED) is 0.791. The molecule has 0 aliphatic carbocycles. The van der Waals surface area contributed by atoms with Gasteiger partial charge in [-0.15, -0.1) is 0 Å². The Kier molecular flexibility index (Phi) is 5.81. The van der Waals surface area contributed by atoms with Gasteiger partial charge in [0.25, 0.3) is 0 Å². The smallest absolute Gasteiger partial charge is 0.410 e. The molecule has 0 aromatic carbocycles. The maximum atomic E-state index is 12.4. The molecule has 0 unspecified atom stereocenters. The monoisotopic (exact) mass is 344 g/mol. The van der Waals surface area contributed by atoms with Crippen molar-refractivity contribution >= 4 is 12.2 Å². The number of carbonyl (C=O) groups excluding carboxylic acids is 2. The molecule has 1 saturated heterocycles. The summed E-state index contributed by atoms with van der Waals surface area (Å²) in [7, 11) is 0. The van der Waals surface area contributed by atoms with Gasteiger partial charge in [0, 0.05) is 19.6 Å². The van der Waals surface area contributed by atoms with Gasteiger partial charge in [-0.25, -0.2) is 9.59 Å². The lowest BCUT2D eigenvalue weighted by Gasteiger charge is -2.46. The number of rotatable bonds is 1. The van der Waals surface area contributed by atoms with E-state index in [1.165, 1.54) is 9.80 Å². The van der Waals surface area contributed by atoms with Gasteiger partial charge in [0.15, 0.2) is 0 Å². The summed E-state index contributed by atoms with van der Waals surface area (Å²) in [6, 6.07) is -0.575. The lowest BCUT2D eigenvalue weighted by atomic mass is 9.95. The van der Waals surface area contributed by atoms with Gasteiger partial charge in [0.05, 0.1) is 11.6 Å². The normalized spacial score (nSPS) is 20.0. The molecule has 0 saturated carbocycles. The first-order valence-corrected chi connectivity index (χ1v) is 8.30. The van der Waals surface area contributed by atoms with Crippen molar-refractivity contribution in [1.82, 2.24) is 9.80 Å². The number of aliphatic hydroxyl groups is 1. The summed E-state index contributed by atoms with van der Waals surface area (Å²) in [6.07, 6.45) is -0.931. The van der Waals surface area contributed by atoms with Gasteiger partial charge in [0.1, 0.15) is 11.2 Å². The van der Waals surface area contributed by atoms with Crippen LogP contribution < -0.4 is 0 Å². The van der Waals surface area contributed by atoms with Crippen LogP contribution >= 0.6 is 0 Å². The van der Waals surface area contributed by atoms with Gasteiger partial charge in [0.2, 0.25) is 0 Å². The molecule has 1 heterocycles. The van der Waals surface area contributed by atoms with E-state index in [4.69, 9.17) is 9.47 Å². The highest BCUT2D eigenvalue weighted by Crippen LogP contribution is 2.24. The van der Waals surface area contributed by atoms with Gasteiger partial charge in [-0.05, 0) is 55.4 Å². The number of hydrogen-bond acceptors (Lipinski definition) is 5. The molecule has 0 spiro atoms. The average molecular weight is 344 g/mol. The number of nitrogens with zero attached hydrogens (tertiary/aromatic N) is 2. The van der Waals surface area contributed by atoms with Gasteiger partial charge in [-0.2, -0.15) is 0 Å². The molecule has 1 atom stereocenters. The first-order valence-electron chi connectivity index (χ1n) is 8.30. The minimum Gasteiger partial charge on any atom is -0.444 e. The van der Waals surface area contributed by atoms with E-state index in [1.54, 1.807) is 55.4 Å². The summed E-state index contributed by atoms with van der Waals surface area (Å²) in [5.74, 6) is 0. The Morgan fingerprint density at radius 2 is 1.33 bits per heavy atom. The Morgan fingerprint density at radius 1 is 0.875 bits per heavy atom. The van der Waals surface area contributed by atoms with E-state index in [0.29, 0.717) is 6.54 Å². The molecule has 0 aromatic rings.